The fraction of sp³-hybridized carbons (Fsp3) is 0.667. The van der Waals surface area contributed by atoms with E-state index in [0.717, 1.165) is 16.9 Å². The molecule has 18 heavy (non-hydrogen) atoms. The summed E-state index contributed by atoms with van der Waals surface area (Å²) in [4.78, 5) is 1.39. The molecule has 0 spiro atoms. The van der Waals surface area contributed by atoms with Crippen molar-refractivity contribution in [3.05, 3.63) is 15.8 Å². The second kappa shape index (κ2) is 6.65. The molecule has 1 heterocycles. The summed E-state index contributed by atoms with van der Waals surface area (Å²) in [5.74, 6) is 0. The molecule has 0 aliphatic heterocycles. The van der Waals surface area contributed by atoms with E-state index in [9.17, 15) is 8.42 Å². The number of nitrogens with zero attached hydrogens (tertiary/aromatic N) is 1. The zero-order valence-corrected chi connectivity index (χ0v) is 13.1. The third kappa shape index (κ3) is 3.12. The molecule has 0 saturated carbocycles. The fourth-order valence-corrected chi connectivity index (χ4v) is 5.26. The van der Waals surface area contributed by atoms with E-state index in [0.29, 0.717) is 24.5 Å². The average molecular weight is 290 g/mol. The number of rotatable bonds is 7. The highest BCUT2D eigenvalue weighted by Gasteiger charge is 2.28. The van der Waals surface area contributed by atoms with Crippen molar-refractivity contribution in [2.75, 3.05) is 20.1 Å². The predicted octanol–water partition coefficient (Wildman–Crippen LogP) is 2.20. The average Bonchev–Trinajstić information content (AvgIpc) is 2.68. The van der Waals surface area contributed by atoms with Crippen LogP contribution in [-0.4, -0.2) is 32.9 Å². The van der Waals surface area contributed by atoms with E-state index in [4.69, 9.17) is 0 Å². The van der Waals surface area contributed by atoms with Crippen molar-refractivity contribution in [3.8, 4) is 0 Å². The molecule has 0 saturated heterocycles. The van der Waals surface area contributed by atoms with Crippen LogP contribution in [0.25, 0.3) is 0 Å². The molecule has 104 valence electrons. The van der Waals surface area contributed by atoms with E-state index in [1.807, 2.05) is 33.2 Å². The maximum Gasteiger partial charge on any atom is 0.244 e. The van der Waals surface area contributed by atoms with Crippen molar-refractivity contribution in [1.29, 1.82) is 0 Å². The minimum absolute atomic E-state index is 0.497. The lowest BCUT2D eigenvalue weighted by molar-refractivity contribution is 0.426. The van der Waals surface area contributed by atoms with Crippen LogP contribution in [0.1, 0.15) is 30.7 Å². The minimum atomic E-state index is -3.35. The molecule has 0 radical (unpaired) electrons. The lowest BCUT2D eigenvalue weighted by atomic mass is 10.3. The Labute approximate surface area is 114 Å². The molecule has 0 atom stereocenters. The first-order valence-corrected chi connectivity index (χ1v) is 8.52. The molecule has 0 unspecified atom stereocenters. The summed E-state index contributed by atoms with van der Waals surface area (Å²) in [5.41, 5.74) is 0.847. The Balaban J connectivity index is 3.22. The van der Waals surface area contributed by atoms with Gasteiger partial charge in [0, 0.05) is 24.5 Å². The highest BCUT2D eigenvalue weighted by atomic mass is 32.2. The third-order valence-corrected chi connectivity index (χ3v) is 6.19. The summed E-state index contributed by atoms with van der Waals surface area (Å²) in [6, 6.07) is 0. The first-order chi connectivity index (χ1) is 8.48. The number of aryl methyl sites for hydroxylation is 1. The number of sulfonamides is 1. The van der Waals surface area contributed by atoms with Crippen molar-refractivity contribution >= 4 is 21.4 Å². The summed E-state index contributed by atoms with van der Waals surface area (Å²) in [5, 5.41) is 4.94. The molecular weight excluding hydrogens is 268 g/mol. The Hall–Kier alpha value is -0.430. The van der Waals surface area contributed by atoms with Crippen LogP contribution in [0.5, 0.6) is 0 Å². The van der Waals surface area contributed by atoms with Gasteiger partial charge in [0.1, 0.15) is 4.90 Å². The number of hydrogen-bond donors (Lipinski definition) is 1. The molecule has 6 heteroatoms. The van der Waals surface area contributed by atoms with Gasteiger partial charge in [0.15, 0.2) is 0 Å². The van der Waals surface area contributed by atoms with Crippen LogP contribution in [0.2, 0.25) is 0 Å². The maximum atomic E-state index is 12.6. The summed E-state index contributed by atoms with van der Waals surface area (Å²) in [6.45, 7) is 7.43. The van der Waals surface area contributed by atoms with Crippen LogP contribution >= 0.6 is 11.3 Å². The van der Waals surface area contributed by atoms with Gasteiger partial charge in [0.25, 0.3) is 0 Å². The molecule has 1 rings (SSSR count). The van der Waals surface area contributed by atoms with Crippen LogP contribution in [0.15, 0.2) is 10.3 Å². The number of hydrogen-bond acceptors (Lipinski definition) is 4. The van der Waals surface area contributed by atoms with Crippen molar-refractivity contribution in [3.63, 3.8) is 0 Å². The highest BCUT2D eigenvalue weighted by Crippen LogP contribution is 2.29. The van der Waals surface area contributed by atoms with Gasteiger partial charge in [0.05, 0.1) is 0 Å². The molecule has 0 bridgehead atoms. The monoisotopic (exact) mass is 290 g/mol. The van der Waals surface area contributed by atoms with Gasteiger partial charge in [-0.05, 0) is 31.3 Å². The van der Waals surface area contributed by atoms with Crippen LogP contribution in [0, 0.1) is 6.92 Å². The fourth-order valence-electron chi connectivity index (χ4n) is 1.94. The van der Waals surface area contributed by atoms with Gasteiger partial charge in [-0.1, -0.05) is 13.8 Å². The molecule has 0 aromatic carbocycles. The number of nitrogens with one attached hydrogen (secondary N) is 1. The van der Waals surface area contributed by atoms with Gasteiger partial charge in [0.2, 0.25) is 10.0 Å². The predicted molar refractivity (Wildman–Crippen MR) is 76.5 cm³/mol. The van der Waals surface area contributed by atoms with Crippen molar-refractivity contribution in [1.82, 2.24) is 9.62 Å². The van der Waals surface area contributed by atoms with E-state index in [1.54, 1.807) is 4.31 Å². The van der Waals surface area contributed by atoms with Gasteiger partial charge in [-0.3, -0.25) is 0 Å². The molecule has 1 N–H and O–H groups in total. The first-order valence-electron chi connectivity index (χ1n) is 6.20. The van der Waals surface area contributed by atoms with Crippen LogP contribution in [0.4, 0.5) is 0 Å². The van der Waals surface area contributed by atoms with Crippen LogP contribution < -0.4 is 5.32 Å². The molecule has 0 amide bonds. The van der Waals surface area contributed by atoms with Crippen molar-refractivity contribution in [2.24, 2.45) is 0 Å². The largest absolute Gasteiger partial charge is 0.315 e. The standard InChI is InChI=1S/C12H22N2O2S2/c1-5-7-14(6-2)18(15,16)12-10(3)9-17-11(12)8-13-4/h9,13H,5-8H2,1-4H3. The SMILES string of the molecule is CCCN(CC)S(=O)(=O)c1c(C)csc1CNC. The molecule has 1 aromatic rings. The minimum Gasteiger partial charge on any atom is -0.315 e. The van der Waals surface area contributed by atoms with Gasteiger partial charge < -0.3 is 5.32 Å². The highest BCUT2D eigenvalue weighted by molar-refractivity contribution is 7.89. The van der Waals surface area contributed by atoms with E-state index in [1.165, 1.54) is 11.3 Å². The lowest BCUT2D eigenvalue weighted by Gasteiger charge is -2.20. The zero-order valence-electron chi connectivity index (χ0n) is 11.5. The van der Waals surface area contributed by atoms with Gasteiger partial charge in [-0.2, -0.15) is 4.31 Å². The first kappa shape index (κ1) is 15.6. The summed E-state index contributed by atoms with van der Waals surface area (Å²) < 4.78 is 26.8. The topological polar surface area (TPSA) is 49.4 Å². The second-order valence-electron chi connectivity index (χ2n) is 4.20. The van der Waals surface area contributed by atoms with Crippen molar-refractivity contribution < 1.29 is 8.42 Å². The van der Waals surface area contributed by atoms with Crippen molar-refractivity contribution in [2.45, 2.75) is 38.6 Å². The normalized spacial score (nSPS) is 12.3. The van der Waals surface area contributed by atoms with Gasteiger partial charge in [-0.15, -0.1) is 11.3 Å². The quantitative estimate of drug-likeness (QED) is 0.837. The van der Waals surface area contributed by atoms with Crippen LogP contribution in [0.3, 0.4) is 0 Å². The van der Waals surface area contributed by atoms with E-state index in [2.05, 4.69) is 5.32 Å². The molecule has 0 aliphatic carbocycles. The van der Waals surface area contributed by atoms with Crippen LogP contribution in [-0.2, 0) is 16.6 Å². The smallest absolute Gasteiger partial charge is 0.244 e. The van der Waals surface area contributed by atoms with E-state index >= 15 is 0 Å². The Kier molecular flexibility index (Phi) is 5.78. The maximum absolute atomic E-state index is 12.6. The molecule has 0 aliphatic rings. The van der Waals surface area contributed by atoms with Gasteiger partial charge >= 0.3 is 0 Å². The third-order valence-electron chi connectivity index (χ3n) is 2.75. The Morgan fingerprint density at radius 1 is 1.39 bits per heavy atom. The Morgan fingerprint density at radius 3 is 2.56 bits per heavy atom. The summed E-state index contributed by atoms with van der Waals surface area (Å²) in [6.07, 6.45) is 0.831. The van der Waals surface area contributed by atoms with E-state index < -0.39 is 10.0 Å². The Bertz CT molecular complexity index is 480. The van der Waals surface area contributed by atoms with Gasteiger partial charge in [-0.25, -0.2) is 8.42 Å². The molecular formula is C12H22N2O2S2. The summed E-state index contributed by atoms with van der Waals surface area (Å²) in [7, 11) is -1.52. The van der Waals surface area contributed by atoms with E-state index in [-0.39, 0.29) is 0 Å². The molecule has 1 aromatic heterocycles. The number of thiophene rings is 1. The molecule has 4 nitrogen and oxygen atoms in total. The Morgan fingerprint density at radius 2 is 2.06 bits per heavy atom. The molecule has 0 fully saturated rings. The zero-order chi connectivity index (χ0) is 13.8. The summed E-state index contributed by atoms with van der Waals surface area (Å²) >= 11 is 1.51. The lowest BCUT2D eigenvalue weighted by Crippen LogP contribution is -2.32. The second-order valence-corrected chi connectivity index (χ2v) is 7.04.